The van der Waals surface area contributed by atoms with Crippen LogP contribution in [0.15, 0.2) is 30.3 Å². The van der Waals surface area contributed by atoms with Crippen molar-refractivity contribution in [2.75, 3.05) is 13.2 Å². The third kappa shape index (κ3) is 3.70. The van der Waals surface area contributed by atoms with Gasteiger partial charge >= 0.3 is 12.1 Å². The summed E-state index contributed by atoms with van der Waals surface area (Å²) < 4.78 is 10.4. The zero-order valence-corrected chi connectivity index (χ0v) is 13.6. The largest absolute Gasteiger partial charge is 0.480 e. The second kappa shape index (κ2) is 7.21. The number of carboxylic acid groups (broad SMARTS) is 1. The number of aliphatic carboxylic acids is 1. The van der Waals surface area contributed by atoms with Gasteiger partial charge < -0.3 is 19.9 Å². The number of hydrogen-bond donors (Lipinski definition) is 2. The van der Waals surface area contributed by atoms with E-state index < -0.39 is 17.6 Å². The number of carbonyl (C=O) groups is 2. The molecule has 3 rings (SSSR count). The Labute approximate surface area is 141 Å². The Balaban J connectivity index is 1.60. The fourth-order valence-electron chi connectivity index (χ4n) is 3.54. The van der Waals surface area contributed by atoms with Crippen LogP contribution in [0.5, 0.6) is 0 Å². The number of amides is 1. The highest BCUT2D eigenvalue weighted by Crippen LogP contribution is 2.38. The van der Waals surface area contributed by atoms with E-state index >= 15 is 0 Å². The standard InChI is InChI=1S/C18H23NO5/c20-16(21)18(19-17(22)24-15-8-11-23-12-15)9-6-14(7-10-18)13-4-2-1-3-5-13/h1-5,14-15H,6-12H2,(H,19,22)(H,20,21)/t14?,15-,18?/m0/s1. The maximum atomic E-state index is 12.1. The van der Waals surface area contributed by atoms with Crippen LogP contribution in [0.2, 0.25) is 0 Å². The quantitative estimate of drug-likeness (QED) is 0.885. The van der Waals surface area contributed by atoms with Crippen molar-refractivity contribution in [3.05, 3.63) is 35.9 Å². The third-order valence-corrected chi connectivity index (χ3v) is 5.02. The number of carboxylic acids is 1. The lowest BCUT2D eigenvalue weighted by atomic mass is 9.74. The first-order valence-electron chi connectivity index (χ1n) is 8.44. The molecule has 2 fully saturated rings. The van der Waals surface area contributed by atoms with Crippen LogP contribution in [-0.4, -0.2) is 42.0 Å². The number of rotatable bonds is 4. The van der Waals surface area contributed by atoms with Gasteiger partial charge in [-0.2, -0.15) is 0 Å². The Morgan fingerprint density at radius 1 is 1.17 bits per heavy atom. The summed E-state index contributed by atoms with van der Waals surface area (Å²) in [5.41, 5.74) is -0.0101. The second-order valence-corrected chi connectivity index (χ2v) is 6.59. The topological polar surface area (TPSA) is 84.9 Å². The summed E-state index contributed by atoms with van der Waals surface area (Å²) in [5, 5.41) is 12.3. The van der Waals surface area contributed by atoms with Crippen molar-refractivity contribution in [3.63, 3.8) is 0 Å². The van der Waals surface area contributed by atoms with Crippen LogP contribution < -0.4 is 5.32 Å². The number of alkyl carbamates (subject to hydrolysis) is 1. The van der Waals surface area contributed by atoms with Crippen molar-refractivity contribution in [2.45, 2.75) is 49.7 Å². The van der Waals surface area contributed by atoms with Gasteiger partial charge in [0.1, 0.15) is 11.6 Å². The molecule has 0 bridgehead atoms. The molecule has 1 heterocycles. The highest BCUT2D eigenvalue weighted by atomic mass is 16.6. The maximum absolute atomic E-state index is 12.1. The Morgan fingerprint density at radius 3 is 2.46 bits per heavy atom. The minimum Gasteiger partial charge on any atom is -0.480 e. The molecule has 24 heavy (non-hydrogen) atoms. The summed E-state index contributed by atoms with van der Waals surface area (Å²) in [5.74, 6) is -0.659. The van der Waals surface area contributed by atoms with Crippen LogP contribution in [0.25, 0.3) is 0 Å². The molecule has 1 aliphatic carbocycles. The van der Waals surface area contributed by atoms with E-state index in [1.54, 1.807) is 0 Å². The van der Waals surface area contributed by atoms with Crippen molar-refractivity contribution in [2.24, 2.45) is 0 Å². The number of nitrogens with one attached hydrogen (secondary N) is 1. The SMILES string of the molecule is O=C(NC1(C(=O)O)CCC(c2ccccc2)CC1)O[C@H]1CCOC1. The van der Waals surface area contributed by atoms with Gasteiger partial charge in [-0.3, -0.25) is 0 Å². The number of benzene rings is 1. The molecule has 0 radical (unpaired) electrons. The minimum atomic E-state index is -1.23. The van der Waals surface area contributed by atoms with Crippen molar-refractivity contribution in [1.82, 2.24) is 5.32 Å². The van der Waals surface area contributed by atoms with E-state index in [-0.39, 0.29) is 6.10 Å². The first kappa shape index (κ1) is 16.8. The molecular weight excluding hydrogens is 310 g/mol. The van der Waals surface area contributed by atoms with Crippen LogP contribution in [0, 0.1) is 0 Å². The lowest BCUT2D eigenvalue weighted by Crippen LogP contribution is -2.56. The summed E-state index contributed by atoms with van der Waals surface area (Å²) in [6.45, 7) is 0.949. The minimum absolute atomic E-state index is 0.281. The first-order chi connectivity index (χ1) is 11.6. The molecule has 1 saturated carbocycles. The van der Waals surface area contributed by atoms with Gasteiger partial charge in [-0.05, 0) is 37.2 Å². The third-order valence-electron chi connectivity index (χ3n) is 5.02. The summed E-state index contributed by atoms with van der Waals surface area (Å²) >= 11 is 0. The first-order valence-corrected chi connectivity index (χ1v) is 8.44. The number of carbonyl (C=O) groups excluding carboxylic acids is 1. The van der Waals surface area contributed by atoms with E-state index in [1.807, 2.05) is 18.2 Å². The number of hydrogen-bond acceptors (Lipinski definition) is 4. The highest BCUT2D eigenvalue weighted by Gasteiger charge is 2.44. The van der Waals surface area contributed by atoms with Crippen LogP contribution in [-0.2, 0) is 14.3 Å². The van der Waals surface area contributed by atoms with Crippen molar-refractivity contribution < 1.29 is 24.2 Å². The maximum Gasteiger partial charge on any atom is 0.408 e. The Hall–Kier alpha value is -2.08. The molecular formula is C18H23NO5. The van der Waals surface area contributed by atoms with Gasteiger partial charge in [0.2, 0.25) is 0 Å². The molecule has 1 aliphatic heterocycles. The van der Waals surface area contributed by atoms with Gasteiger partial charge in [-0.15, -0.1) is 0 Å². The van der Waals surface area contributed by atoms with Crippen molar-refractivity contribution in [3.8, 4) is 0 Å². The lowest BCUT2D eigenvalue weighted by Gasteiger charge is -2.37. The normalized spacial score (nSPS) is 29.8. The average Bonchev–Trinajstić information content (AvgIpc) is 3.09. The van der Waals surface area contributed by atoms with Crippen LogP contribution in [0.4, 0.5) is 4.79 Å². The molecule has 0 spiro atoms. The zero-order valence-electron chi connectivity index (χ0n) is 13.6. The molecule has 1 amide bonds. The fourth-order valence-corrected chi connectivity index (χ4v) is 3.54. The molecule has 6 nitrogen and oxygen atoms in total. The van der Waals surface area contributed by atoms with Gasteiger partial charge in [-0.25, -0.2) is 9.59 Å². The van der Waals surface area contributed by atoms with Crippen LogP contribution >= 0.6 is 0 Å². The molecule has 0 aromatic heterocycles. The molecule has 1 aromatic carbocycles. The van der Waals surface area contributed by atoms with Crippen LogP contribution in [0.3, 0.4) is 0 Å². The molecule has 1 aromatic rings. The summed E-state index contributed by atoms with van der Waals surface area (Å²) in [6.07, 6.45) is 1.97. The Bertz CT molecular complexity index is 574. The van der Waals surface area contributed by atoms with Crippen LogP contribution in [0.1, 0.15) is 43.6 Å². The Kier molecular flexibility index (Phi) is 5.04. The van der Waals surface area contributed by atoms with E-state index in [4.69, 9.17) is 9.47 Å². The molecule has 1 atom stereocenters. The lowest BCUT2D eigenvalue weighted by molar-refractivity contribution is -0.146. The molecule has 130 valence electrons. The summed E-state index contributed by atoms with van der Waals surface area (Å²) in [4.78, 5) is 23.9. The van der Waals surface area contributed by atoms with Gasteiger partial charge in [0.15, 0.2) is 0 Å². The van der Waals surface area contributed by atoms with E-state index in [1.165, 1.54) is 5.56 Å². The molecule has 0 unspecified atom stereocenters. The van der Waals surface area contributed by atoms with Gasteiger partial charge in [-0.1, -0.05) is 30.3 Å². The van der Waals surface area contributed by atoms with Crippen molar-refractivity contribution in [1.29, 1.82) is 0 Å². The smallest absolute Gasteiger partial charge is 0.408 e. The highest BCUT2D eigenvalue weighted by molar-refractivity contribution is 5.84. The number of ether oxygens (including phenoxy) is 2. The Morgan fingerprint density at radius 2 is 1.88 bits per heavy atom. The molecule has 6 heteroatoms. The monoisotopic (exact) mass is 333 g/mol. The van der Waals surface area contributed by atoms with E-state index in [2.05, 4.69) is 17.4 Å². The summed E-state index contributed by atoms with van der Waals surface area (Å²) in [6, 6.07) is 10.1. The molecule has 1 saturated heterocycles. The zero-order chi connectivity index (χ0) is 17.0. The summed E-state index contributed by atoms with van der Waals surface area (Å²) in [7, 11) is 0. The van der Waals surface area contributed by atoms with Gasteiger partial charge in [0, 0.05) is 6.42 Å². The predicted octanol–water partition coefficient (Wildman–Crippen LogP) is 2.68. The predicted molar refractivity (Wildman–Crippen MR) is 86.9 cm³/mol. The van der Waals surface area contributed by atoms with Gasteiger partial charge in [0.05, 0.1) is 13.2 Å². The second-order valence-electron chi connectivity index (χ2n) is 6.59. The van der Waals surface area contributed by atoms with Gasteiger partial charge in [0.25, 0.3) is 0 Å². The fraction of sp³-hybridized carbons (Fsp3) is 0.556. The van der Waals surface area contributed by atoms with E-state index in [9.17, 15) is 14.7 Å². The molecule has 2 aliphatic rings. The average molecular weight is 333 g/mol. The molecule has 2 N–H and O–H groups in total. The van der Waals surface area contributed by atoms with Crippen molar-refractivity contribution >= 4 is 12.1 Å². The van der Waals surface area contributed by atoms with E-state index in [0.29, 0.717) is 38.4 Å². The van der Waals surface area contributed by atoms with E-state index in [0.717, 1.165) is 12.8 Å².